The van der Waals surface area contributed by atoms with Crippen LogP contribution in [0.4, 0.5) is 0 Å². The normalized spacial score (nSPS) is 10.2. The average Bonchev–Trinajstić information content (AvgIpc) is 2.85. The van der Waals surface area contributed by atoms with E-state index in [1.807, 2.05) is 0 Å². The molecular formula is C28H32B2N2O4+2. The summed E-state index contributed by atoms with van der Waals surface area (Å²) in [5, 5.41) is 33.0. The summed E-state index contributed by atoms with van der Waals surface area (Å²) in [6.07, 6.45) is 4.34. The van der Waals surface area contributed by atoms with Crippen LogP contribution in [0.1, 0.15) is 11.1 Å². The molecule has 0 atom stereocenters. The smallest absolute Gasteiger partial charge is 0.427 e. The summed E-state index contributed by atoms with van der Waals surface area (Å²) in [5.74, 6) is 0. The maximum absolute atomic E-state index is 7.61. The number of hydrogen-bond acceptors (Lipinski definition) is 4. The first-order valence-corrected chi connectivity index (χ1v) is 11.9. The summed E-state index contributed by atoms with van der Waals surface area (Å²) in [6.45, 7) is 4.31. The van der Waals surface area contributed by atoms with Crippen molar-refractivity contribution in [1.29, 1.82) is 0 Å². The van der Waals surface area contributed by atoms with E-state index in [1.165, 1.54) is 46.6 Å². The first-order chi connectivity index (χ1) is 17.3. The molecule has 8 heteroatoms. The van der Waals surface area contributed by atoms with Crippen LogP contribution in [0.2, 0.25) is 13.6 Å². The molecule has 182 valence electrons. The van der Waals surface area contributed by atoms with Gasteiger partial charge in [0.05, 0.1) is 10.8 Å². The summed E-state index contributed by atoms with van der Waals surface area (Å²) in [6, 6.07) is 34.5. The van der Waals surface area contributed by atoms with Crippen molar-refractivity contribution in [2.45, 2.75) is 26.7 Å². The van der Waals surface area contributed by atoms with Gasteiger partial charge in [-0.1, -0.05) is 60.7 Å². The van der Waals surface area contributed by atoms with Gasteiger partial charge in [-0.3, -0.25) is 0 Å². The highest BCUT2D eigenvalue weighted by molar-refractivity contribution is 6.39. The molecule has 0 saturated carbocycles. The Kier molecular flexibility index (Phi) is 10.2. The molecule has 5 rings (SSSR count). The first-order valence-electron chi connectivity index (χ1n) is 11.9. The van der Waals surface area contributed by atoms with Crippen LogP contribution in [0.5, 0.6) is 0 Å². The van der Waals surface area contributed by atoms with Gasteiger partial charge in [-0.05, 0) is 25.8 Å². The van der Waals surface area contributed by atoms with Crippen LogP contribution in [0.25, 0.3) is 21.8 Å². The summed E-state index contributed by atoms with van der Waals surface area (Å²) < 4.78 is 4.66. The minimum atomic E-state index is -1.17. The van der Waals surface area contributed by atoms with Crippen molar-refractivity contribution in [2.24, 2.45) is 0 Å². The molecule has 4 N–H and O–H groups in total. The molecule has 0 fully saturated rings. The van der Waals surface area contributed by atoms with Gasteiger partial charge >= 0.3 is 14.2 Å². The standard InChI is InChI=1S/C26H22N2.2CH5BO2/c1-3-9-21(10-4-1)19-27-17-7-13-23-24-14-8-18-28(26(24)16-15-25(23)27)20-22-11-5-2-6-12-22;2*1-2(3)4/h1-18H,19-20H2;2*3-4H,1H3/q+2;;. The van der Waals surface area contributed by atoms with Crippen LogP contribution in [-0.4, -0.2) is 34.3 Å². The number of nitrogens with zero attached hydrogens (tertiary/aromatic N) is 2. The van der Waals surface area contributed by atoms with E-state index in [0.717, 1.165) is 13.1 Å². The van der Waals surface area contributed by atoms with Gasteiger partial charge < -0.3 is 20.1 Å². The molecule has 6 nitrogen and oxygen atoms in total. The maximum atomic E-state index is 7.61. The zero-order valence-corrected chi connectivity index (χ0v) is 20.6. The molecule has 3 aromatic carbocycles. The van der Waals surface area contributed by atoms with Crippen LogP contribution in [-0.2, 0) is 13.1 Å². The van der Waals surface area contributed by atoms with Crippen molar-refractivity contribution in [3.8, 4) is 0 Å². The van der Waals surface area contributed by atoms with E-state index in [4.69, 9.17) is 20.1 Å². The van der Waals surface area contributed by atoms with Crippen molar-refractivity contribution in [1.82, 2.24) is 0 Å². The maximum Gasteiger partial charge on any atom is 0.448 e. The second kappa shape index (κ2) is 13.5. The van der Waals surface area contributed by atoms with Crippen LogP contribution in [0, 0.1) is 0 Å². The highest BCUT2D eigenvalue weighted by Gasteiger charge is 2.16. The number of fused-ring (bicyclic) bond motifs is 3. The van der Waals surface area contributed by atoms with E-state index in [2.05, 4.69) is 119 Å². The minimum absolute atomic E-state index is 0.876. The SMILES string of the molecule is CB(O)O.CB(O)O.c1ccc(C[n+]2cccc3c4ccc[n+](Cc5ccccc5)c4ccc32)cc1. The van der Waals surface area contributed by atoms with Crippen molar-refractivity contribution in [3.63, 3.8) is 0 Å². The predicted molar refractivity (Wildman–Crippen MR) is 145 cm³/mol. The van der Waals surface area contributed by atoms with Gasteiger partial charge in [-0.25, -0.2) is 0 Å². The highest BCUT2D eigenvalue weighted by atomic mass is 16.4. The van der Waals surface area contributed by atoms with Crippen molar-refractivity contribution >= 4 is 36.0 Å². The van der Waals surface area contributed by atoms with Crippen LogP contribution in [0.15, 0.2) is 109 Å². The van der Waals surface area contributed by atoms with E-state index in [1.54, 1.807) is 0 Å². The molecule has 2 heterocycles. The minimum Gasteiger partial charge on any atom is -0.427 e. The molecule has 0 radical (unpaired) electrons. The molecule has 0 amide bonds. The van der Waals surface area contributed by atoms with Crippen LogP contribution in [0.3, 0.4) is 0 Å². The fourth-order valence-electron chi connectivity index (χ4n) is 3.95. The monoisotopic (exact) mass is 482 g/mol. The van der Waals surface area contributed by atoms with Gasteiger partial charge in [0.15, 0.2) is 25.5 Å². The van der Waals surface area contributed by atoms with E-state index in [9.17, 15) is 0 Å². The predicted octanol–water partition coefficient (Wildman–Crippen LogP) is 2.84. The summed E-state index contributed by atoms with van der Waals surface area (Å²) in [5.41, 5.74) is 5.15. The lowest BCUT2D eigenvalue weighted by Gasteiger charge is -2.06. The molecule has 36 heavy (non-hydrogen) atoms. The molecule has 0 aliphatic heterocycles. The molecule has 0 spiro atoms. The Labute approximate surface area is 212 Å². The Hall–Kier alpha value is -3.55. The topological polar surface area (TPSA) is 88.7 Å². The van der Waals surface area contributed by atoms with Gasteiger partial charge in [0.2, 0.25) is 11.0 Å². The van der Waals surface area contributed by atoms with Gasteiger partial charge in [-0.2, -0.15) is 9.13 Å². The lowest BCUT2D eigenvalue weighted by molar-refractivity contribution is -0.664. The van der Waals surface area contributed by atoms with E-state index < -0.39 is 14.2 Å². The van der Waals surface area contributed by atoms with Crippen LogP contribution < -0.4 is 9.13 Å². The van der Waals surface area contributed by atoms with Crippen LogP contribution >= 0.6 is 0 Å². The number of benzene rings is 3. The Morgan fingerprint density at radius 3 is 1.17 bits per heavy atom. The van der Waals surface area contributed by atoms with E-state index >= 15 is 0 Å². The molecular weight excluding hydrogens is 450 g/mol. The van der Waals surface area contributed by atoms with Crippen molar-refractivity contribution in [2.75, 3.05) is 0 Å². The summed E-state index contributed by atoms with van der Waals surface area (Å²) in [4.78, 5) is 0. The third-order valence-electron chi connectivity index (χ3n) is 5.31. The summed E-state index contributed by atoms with van der Waals surface area (Å²) in [7, 11) is -2.33. The van der Waals surface area contributed by atoms with Crippen molar-refractivity contribution in [3.05, 3.63) is 121 Å². The van der Waals surface area contributed by atoms with Gasteiger partial charge in [0.25, 0.3) is 0 Å². The van der Waals surface area contributed by atoms with Gasteiger partial charge in [0.1, 0.15) is 0 Å². The number of hydrogen-bond donors (Lipinski definition) is 4. The molecule has 5 aromatic rings. The average molecular weight is 482 g/mol. The lowest BCUT2D eigenvalue weighted by atomic mass is 9.99. The zero-order chi connectivity index (χ0) is 25.9. The van der Waals surface area contributed by atoms with E-state index in [-0.39, 0.29) is 0 Å². The zero-order valence-electron chi connectivity index (χ0n) is 20.6. The molecule has 0 unspecified atom stereocenters. The second-order valence-electron chi connectivity index (χ2n) is 8.44. The largest absolute Gasteiger partial charge is 0.448 e. The quantitative estimate of drug-likeness (QED) is 0.180. The Morgan fingerprint density at radius 1 is 0.500 bits per heavy atom. The fraction of sp³-hybridized carbons (Fsp3) is 0.143. The second-order valence-corrected chi connectivity index (χ2v) is 8.44. The Balaban J connectivity index is 0.000000398. The summed E-state index contributed by atoms with van der Waals surface area (Å²) >= 11 is 0. The molecule has 2 aromatic heterocycles. The third kappa shape index (κ3) is 8.00. The van der Waals surface area contributed by atoms with Gasteiger partial charge in [-0.15, -0.1) is 0 Å². The Bertz CT molecular complexity index is 1260. The third-order valence-corrected chi connectivity index (χ3v) is 5.31. The van der Waals surface area contributed by atoms with Crippen molar-refractivity contribution < 1.29 is 29.2 Å². The number of rotatable bonds is 4. The Morgan fingerprint density at radius 2 is 0.833 bits per heavy atom. The molecule has 0 bridgehead atoms. The number of pyridine rings is 2. The van der Waals surface area contributed by atoms with E-state index in [0.29, 0.717) is 0 Å². The number of aromatic nitrogens is 2. The molecule has 0 aliphatic carbocycles. The van der Waals surface area contributed by atoms with Gasteiger partial charge in [0, 0.05) is 35.4 Å². The highest BCUT2D eigenvalue weighted by Crippen LogP contribution is 2.21. The molecule has 0 aliphatic rings. The first kappa shape index (κ1) is 27.0. The lowest BCUT2D eigenvalue weighted by Crippen LogP contribution is -2.36. The molecule has 0 saturated heterocycles. The fourth-order valence-corrected chi connectivity index (χ4v) is 3.95.